The SMILES string of the molecule is O=C(CCc1c(F)cccc1Cl)NCc1cccnc1-c1ccco1. The van der Waals surface area contributed by atoms with Gasteiger partial charge in [0.15, 0.2) is 5.76 Å². The molecule has 1 aromatic carbocycles. The van der Waals surface area contributed by atoms with Crippen LogP contribution in [-0.4, -0.2) is 10.9 Å². The van der Waals surface area contributed by atoms with Crippen LogP contribution in [0.4, 0.5) is 4.39 Å². The first kappa shape index (κ1) is 17.2. The Morgan fingerprint density at radius 1 is 1.20 bits per heavy atom. The minimum Gasteiger partial charge on any atom is -0.463 e. The summed E-state index contributed by atoms with van der Waals surface area (Å²) in [5.41, 5.74) is 1.89. The van der Waals surface area contributed by atoms with Crippen molar-refractivity contribution in [2.45, 2.75) is 19.4 Å². The molecule has 3 aromatic rings. The van der Waals surface area contributed by atoms with Crippen molar-refractivity contribution in [1.29, 1.82) is 0 Å². The first-order valence-corrected chi connectivity index (χ1v) is 8.20. The van der Waals surface area contributed by atoms with E-state index in [1.807, 2.05) is 12.1 Å². The predicted molar refractivity (Wildman–Crippen MR) is 93.5 cm³/mol. The number of halogens is 2. The van der Waals surface area contributed by atoms with E-state index in [1.54, 1.807) is 36.7 Å². The maximum atomic E-state index is 13.7. The van der Waals surface area contributed by atoms with Gasteiger partial charge in [0.1, 0.15) is 11.5 Å². The number of carbonyl (C=O) groups is 1. The Morgan fingerprint density at radius 2 is 2.08 bits per heavy atom. The predicted octanol–water partition coefficient (Wildman–Crippen LogP) is 4.38. The van der Waals surface area contributed by atoms with Gasteiger partial charge in [0, 0.05) is 35.3 Å². The number of hydrogen-bond donors (Lipinski definition) is 1. The fourth-order valence-electron chi connectivity index (χ4n) is 2.51. The van der Waals surface area contributed by atoms with E-state index >= 15 is 0 Å². The Labute approximate surface area is 149 Å². The quantitative estimate of drug-likeness (QED) is 0.711. The number of nitrogens with zero attached hydrogens (tertiary/aromatic N) is 1. The fourth-order valence-corrected chi connectivity index (χ4v) is 2.77. The fraction of sp³-hybridized carbons (Fsp3) is 0.158. The zero-order valence-corrected chi connectivity index (χ0v) is 14.1. The summed E-state index contributed by atoms with van der Waals surface area (Å²) < 4.78 is 19.1. The van der Waals surface area contributed by atoms with Gasteiger partial charge in [0.05, 0.1) is 6.26 Å². The molecule has 0 radical (unpaired) electrons. The Morgan fingerprint density at radius 3 is 2.84 bits per heavy atom. The summed E-state index contributed by atoms with van der Waals surface area (Å²) in [5.74, 6) is 0.0595. The van der Waals surface area contributed by atoms with Crippen LogP contribution in [0.15, 0.2) is 59.3 Å². The van der Waals surface area contributed by atoms with E-state index < -0.39 is 5.82 Å². The van der Waals surface area contributed by atoms with Crippen molar-refractivity contribution in [1.82, 2.24) is 10.3 Å². The molecule has 128 valence electrons. The second-order valence-corrected chi connectivity index (χ2v) is 5.87. The summed E-state index contributed by atoms with van der Waals surface area (Å²) in [4.78, 5) is 16.4. The molecule has 0 unspecified atom stereocenters. The van der Waals surface area contributed by atoms with Crippen LogP contribution in [0.2, 0.25) is 5.02 Å². The minimum absolute atomic E-state index is 0.150. The van der Waals surface area contributed by atoms with Gasteiger partial charge in [-0.15, -0.1) is 0 Å². The number of aromatic nitrogens is 1. The summed E-state index contributed by atoms with van der Waals surface area (Å²) in [6, 6.07) is 11.8. The highest BCUT2D eigenvalue weighted by molar-refractivity contribution is 6.31. The second kappa shape index (κ2) is 7.94. The molecule has 6 heteroatoms. The average molecular weight is 359 g/mol. The topological polar surface area (TPSA) is 55.1 Å². The van der Waals surface area contributed by atoms with Crippen LogP contribution in [0.1, 0.15) is 17.5 Å². The smallest absolute Gasteiger partial charge is 0.220 e. The Hall–Kier alpha value is -2.66. The highest BCUT2D eigenvalue weighted by Gasteiger charge is 2.12. The van der Waals surface area contributed by atoms with E-state index in [9.17, 15) is 9.18 Å². The lowest BCUT2D eigenvalue weighted by atomic mass is 10.1. The largest absolute Gasteiger partial charge is 0.463 e. The lowest BCUT2D eigenvalue weighted by Gasteiger charge is -2.09. The lowest BCUT2D eigenvalue weighted by molar-refractivity contribution is -0.121. The maximum absolute atomic E-state index is 13.7. The number of pyridine rings is 1. The molecule has 0 aliphatic rings. The zero-order valence-electron chi connectivity index (χ0n) is 13.3. The van der Waals surface area contributed by atoms with Crippen molar-refractivity contribution in [2.75, 3.05) is 0 Å². The van der Waals surface area contributed by atoms with Crippen LogP contribution in [0, 0.1) is 5.82 Å². The molecular weight excluding hydrogens is 343 g/mol. The summed E-state index contributed by atoms with van der Waals surface area (Å²) in [6.45, 7) is 0.313. The van der Waals surface area contributed by atoms with Crippen molar-refractivity contribution in [3.8, 4) is 11.5 Å². The molecule has 2 heterocycles. The monoisotopic (exact) mass is 358 g/mol. The molecule has 0 bridgehead atoms. The summed E-state index contributed by atoms with van der Waals surface area (Å²) in [6.07, 6.45) is 3.64. The van der Waals surface area contributed by atoms with E-state index in [2.05, 4.69) is 10.3 Å². The van der Waals surface area contributed by atoms with Crippen LogP contribution >= 0.6 is 11.6 Å². The standard InChI is InChI=1S/C19H16ClFN2O2/c20-15-5-1-6-16(21)14(15)8-9-18(24)23-12-13-4-2-10-22-19(13)17-7-3-11-25-17/h1-7,10-11H,8-9,12H2,(H,23,24). The van der Waals surface area contributed by atoms with E-state index in [0.717, 1.165) is 5.56 Å². The van der Waals surface area contributed by atoms with Gasteiger partial charge in [-0.25, -0.2) is 4.39 Å². The minimum atomic E-state index is -0.396. The van der Waals surface area contributed by atoms with Gasteiger partial charge in [-0.1, -0.05) is 23.7 Å². The number of carbonyl (C=O) groups excluding carboxylic acids is 1. The Kier molecular flexibility index (Phi) is 5.46. The molecule has 1 amide bonds. The third-order valence-corrected chi connectivity index (χ3v) is 4.14. The molecule has 25 heavy (non-hydrogen) atoms. The second-order valence-electron chi connectivity index (χ2n) is 5.47. The molecule has 0 aliphatic carbocycles. The number of furan rings is 1. The summed E-state index contributed by atoms with van der Waals surface area (Å²) in [5, 5.41) is 3.16. The average Bonchev–Trinajstić information content (AvgIpc) is 3.14. The molecule has 0 spiro atoms. The number of hydrogen-bond acceptors (Lipinski definition) is 3. The Bertz CT molecular complexity index is 845. The van der Waals surface area contributed by atoms with Crippen molar-refractivity contribution < 1.29 is 13.6 Å². The number of rotatable bonds is 6. The number of nitrogens with one attached hydrogen (secondary N) is 1. The normalized spacial score (nSPS) is 10.6. The van der Waals surface area contributed by atoms with Gasteiger partial charge in [-0.05, 0) is 36.8 Å². The number of benzene rings is 1. The van der Waals surface area contributed by atoms with E-state index in [-0.39, 0.29) is 18.7 Å². The van der Waals surface area contributed by atoms with Crippen LogP contribution in [0.3, 0.4) is 0 Å². The van der Waals surface area contributed by atoms with Gasteiger partial charge in [0.2, 0.25) is 5.91 Å². The third-order valence-electron chi connectivity index (χ3n) is 3.79. The van der Waals surface area contributed by atoms with Crippen LogP contribution in [0.25, 0.3) is 11.5 Å². The van der Waals surface area contributed by atoms with Crippen LogP contribution in [-0.2, 0) is 17.8 Å². The maximum Gasteiger partial charge on any atom is 0.220 e. The molecule has 0 saturated heterocycles. The highest BCUT2D eigenvalue weighted by atomic mass is 35.5. The van der Waals surface area contributed by atoms with Crippen molar-refractivity contribution in [3.63, 3.8) is 0 Å². The van der Waals surface area contributed by atoms with Crippen LogP contribution < -0.4 is 5.32 Å². The Balaban J connectivity index is 1.60. The molecule has 2 aromatic heterocycles. The van der Waals surface area contributed by atoms with Gasteiger partial charge >= 0.3 is 0 Å². The third kappa shape index (κ3) is 4.25. The lowest BCUT2D eigenvalue weighted by Crippen LogP contribution is -2.23. The molecule has 0 fully saturated rings. The zero-order chi connectivity index (χ0) is 17.6. The molecule has 0 atom stereocenters. The van der Waals surface area contributed by atoms with E-state index in [4.69, 9.17) is 16.0 Å². The summed E-state index contributed by atoms with van der Waals surface area (Å²) >= 11 is 5.97. The molecule has 1 N–H and O–H groups in total. The van der Waals surface area contributed by atoms with Crippen LogP contribution in [0.5, 0.6) is 0 Å². The molecular formula is C19H16ClFN2O2. The van der Waals surface area contributed by atoms with Crippen molar-refractivity contribution in [2.24, 2.45) is 0 Å². The van der Waals surface area contributed by atoms with Gasteiger partial charge < -0.3 is 9.73 Å². The van der Waals surface area contributed by atoms with Gasteiger partial charge in [-0.3, -0.25) is 9.78 Å². The van der Waals surface area contributed by atoms with Gasteiger partial charge in [0.25, 0.3) is 0 Å². The van der Waals surface area contributed by atoms with E-state index in [1.165, 1.54) is 6.07 Å². The van der Waals surface area contributed by atoms with Crippen molar-refractivity contribution in [3.05, 3.63) is 76.9 Å². The highest BCUT2D eigenvalue weighted by Crippen LogP contribution is 2.22. The first-order chi connectivity index (χ1) is 12.1. The molecule has 0 saturated carbocycles. The number of amides is 1. The first-order valence-electron chi connectivity index (χ1n) is 7.82. The van der Waals surface area contributed by atoms with Crippen molar-refractivity contribution >= 4 is 17.5 Å². The molecule has 0 aliphatic heterocycles. The van der Waals surface area contributed by atoms with Gasteiger partial charge in [-0.2, -0.15) is 0 Å². The molecule has 4 nitrogen and oxygen atoms in total. The van der Waals surface area contributed by atoms with E-state index in [0.29, 0.717) is 28.6 Å². The molecule has 3 rings (SSSR count). The summed E-state index contributed by atoms with van der Waals surface area (Å²) in [7, 11) is 0.